The second kappa shape index (κ2) is 3.75. The first-order chi connectivity index (χ1) is 7.33. The molecule has 0 aromatic heterocycles. The van der Waals surface area contributed by atoms with Gasteiger partial charge in [0.15, 0.2) is 0 Å². The first-order valence-electron chi connectivity index (χ1n) is 6.62. The van der Waals surface area contributed by atoms with Crippen LogP contribution in [0.25, 0.3) is 0 Å². The van der Waals surface area contributed by atoms with Crippen molar-refractivity contribution in [3.05, 3.63) is 0 Å². The number of hydrogen-bond acceptors (Lipinski definition) is 1. The van der Waals surface area contributed by atoms with E-state index in [1.807, 2.05) is 0 Å². The molecule has 2 aliphatic rings. The van der Waals surface area contributed by atoms with Crippen molar-refractivity contribution >= 4 is 5.91 Å². The lowest BCUT2D eigenvalue weighted by Crippen LogP contribution is -2.47. The van der Waals surface area contributed by atoms with Crippen LogP contribution in [0.15, 0.2) is 0 Å². The van der Waals surface area contributed by atoms with Crippen LogP contribution in [-0.2, 0) is 4.79 Å². The molecule has 16 heavy (non-hydrogen) atoms. The summed E-state index contributed by atoms with van der Waals surface area (Å²) < 4.78 is 0. The van der Waals surface area contributed by atoms with Gasteiger partial charge in [0.1, 0.15) is 0 Å². The number of likely N-dealkylation sites (tertiary alicyclic amines) is 1. The molecule has 1 heterocycles. The van der Waals surface area contributed by atoms with E-state index < -0.39 is 0 Å². The van der Waals surface area contributed by atoms with Gasteiger partial charge >= 0.3 is 0 Å². The van der Waals surface area contributed by atoms with Crippen LogP contribution in [0.3, 0.4) is 0 Å². The van der Waals surface area contributed by atoms with Gasteiger partial charge in [-0.1, -0.05) is 27.7 Å². The fraction of sp³-hybridized carbons (Fsp3) is 0.929. The maximum atomic E-state index is 11.9. The van der Waals surface area contributed by atoms with Gasteiger partial charge in [0.05, 0.1) is 0 Å². The van der Waals surface area contributed by atoms with E-state index in [-0.39, 0.29) is 0 Å². The van der Waals surface area contributed by atoms with E-state index in [0.717, 1.165) is 38.8 Å². The minimum absolute atomic E-state index is 0.349. The van der Waals surface area contributed by atoms with Gasteiger partial charge in [0, 0.05) is 19.0 Å². The minimum atomic E-state index is 0.349. The van der Waals surface area contributed by atoms with Gasteiger partial charge in [-0.3, -0.25) is 4.79 Å². The number of carbonyl (C=O) groups excluding carboxylic acids is 1. The Kier molecular flexibility index (Phi) is 2.80. The zero-order valence-electron chi connectivity index (χ0n) is 11.2. The maximum Gasteiger partial charge on any atom is 0.225 e. The van der Waals surface area contributed by atoms with Gasteiger partial charge in [-0.05, 0) is 36.5 Å². The molecule has 1 aliphatic carbocycles. The Balaban J connectivity index is 1.93. The Morgan fingerprint density at radius 2 is 1.69 bits per heavy atom. The molecule has 2 rings (SSSR count). The third-order valence-corrected chi connectivity index (χ3v) is 4.92. The van der Waals surface area contributed by atoms with Gasteiger partial charge in [-0.25, -0.2) is 0 Å². The molecular weight excluding hydrogens is 198 g/mol. The number of nitrogens with zero attached hydrogens (tertiary/aromatic N) is 1. The zero-order chi connectivity index (χ0) is 12.0. The molecule has 0 unspecified atom stereocenters. The Morgan fingerprint density at radius 3 is 2.06 bits per heavy atom. The molecule has 0 aromatic carbocycles. The highest BCUT2D eigenvalue weighted by atomic mass is 16.2. The van der Waals surface area contributed by atoms with Crippen molar-refractivity contribution in [2.45, 2.75) is 53.4 Å². The van der Waals surface area contributed by atoms with Crippen molar-refractivity contribution in [2.75, 3.05) is 13.1 Å². The smallest absolute Gasteiger partial charge is 0.225 e. The molecule has 2 fully saturated rings. The predicted molar refractivity (Wildman–Crippen MR) is 66.1 cm³/mol. The SMILES string of the molecule is CC(C)(C)C1(C)CCN(C(=O)C2CC2)CC1. The average Bonchev–Trinajstić information content (AvgIpc) is 2.99. The minimum Gasteiger partial charge on any atom is -0.342 e. The second-order valence-corrected chi connectivity index (χ2v) is 6.91. The summed E-state index contributed by atoms with van der Waals surface area (Å²) in [6, 6.07) is 0. The van der Waals surface area contributed by atoms with E-state index in [4.69, 9.17) is 0 Å². The van der Waals surface area contributed by atoms with Crippen LogP contribution in [-0.4, -0.2) is 23.9 Å². The van der Waals surface area contributed by atoms with Gasteiger partial charge < -0.3 is 4.90 Å². The number of rotatable bonds is 1. The number of hydrogen-bond donors (Lipinski definition) is 0. The van der Waals surface area contributed by atoms with Gasteiger partial charge in [-0.15, -0.1) is 0 Å². The molecule has 0 N–H and O–H groups in total. The van der Waals surface area contributed by atoms with Gasteiger partial charge in [-0.2, -0.15) is 0 Å². The summed E-state index contributed by atoms with van der Waals surface area (Å²) in [6.07, 6.45) is 4.58. The number of amides is 1. The molecule has 92 valence electrons. The van der Waals surface area contributed by atoms with Gasteiger partial charge in [0.2, 0.25) is 5.91 Å². The Bertz CT molecular complexity index is 278. The van der Waals surface area contributed by atoms with E-state index in [9.17, 15) is 4.79 Å². The van der Waals surface area contributed by atoms with Crippen LogP contribution in [0, 0.1) is 16.7 Å². The fourth-order valence-corrected chi connectivity index (χ4v) is 2.56. The molecule has 2 nitrogen and oxygen atoms in total. The predicted octanol–water partition coefficient (Wildman–Crippen LogP) is 3.07. The molecular formula is C14H25NO. The quantitative estimate of drug-likeness (QED) is 0.669. The highest BCUT2D eigenvalue weighted by Gasteiger charge is 2.42. The number of carbonyl (C=O) groups is 1. The largest absolute Gasteiger partial charge is 0.342 e. The molecule has 1 saturated carbocycles. The lowest BCUT2D eigenvalue weighted by atomic mass is 9.63. The summed E-state index contributed by atoms with van der Waals surface area (Å²) in [4.78, 5) is 14.0. The van der Waals surface area contributed by atoms with E-state index in [1.54, 1.807) is 0 Å². The Labute approximate surface area is 99.4 Å². The van der Waals surface area contributed by atoms with Crippen molar-refractivity contribution in [1.82, 2.24) is 4.90 Å². The number of piperidine rings is 1. The highest BCUT2D eigenvalue weighted by molar-refractivity contribution is 5.81. The lowest BCUT2D eigenvalue weighted by molar-refractivity contribution is -0.136. The van der Waals surface area contributed by atoms with Crippen molar-refractivity contribution in [3.63, 3.8) is 0 Å². The maximum absolute atomic E-state index is 11.9. The summed E-state index contributed by atoms with van der Waals surface area (Å²) in [6.45, 7) is 11.3. The van der Waals surface area contributed by atoms with Crippen molar-refractivity contribution < 1.29 is 4.79 Å². The Morgan fingerprint density at radius 1 is 1.19 bits per heavy atom. The Hall–Kier alpha value is -0.530. The summed E-state index contributed by atoms with van der Waals surface area (Å²) in [7, 11) is 0. The van der Waals surface area contributed by atoms with Crippen LogP contribution in [0.4, 0.5) is 0 Å². The first kappa shape index (κ1) is 11.9. The first-order valence-corrected chi connectivity index (χ1v) is 6.62. The van der Waals surface area contributed by atoms with E-state index >= 15 is 0 Å². The van der Waals surface area contributed by atoms with Crippen molar-refractivity contribution in [1.29, 1.82) is 0 Å². The monoisotopic (exact) mass is 223 g/mol. The van der Waals surface area contributed by atoms with Crippen LogP contribution in [0.5, 0.6) is 0 Å². The topological polar surface area (TPSA) is 20.3 Å². The molecule has 2 heteroatoms. The van der Waals surface area contributed by atoms with E-state index in [2.05, 4.69) is 32.6 Å². The van der Waals surface area contributed by atoms with Gasteiger partial charge in [0.25, 0.3) is 0 Å². The molecule has 0 bridgehead atoms. The van der Waals surface area contributed by atoms with Crippen LogP contribution >= 0.6 is 0 Å². The summed E-state index contributed by atoms with van der Waals surface area (Å²) >= 11 is 0. The van der Waals surface area contributed by atoms with Crippen LogP contribution < -0.4 is 0 Å². The lowest BCUT2D eigenvalue weighted by Gasteiger charge is -2.48. The molecule has 0 aromatic rings. The van der Waals surface area contributed by atoms with Crippen molar-refractivity contribution in [3.8, 4) is 0 Å². The third kappa shape index (κ3) is 2.11. The zero-order valence-corrected chi connectivity index (χ0v) is 11.2. The molecule has 1 aliphatic heterocycles. The van der Waals surface area contributed by atoms with Crippen LogP contribution in [0.1, 0.15) is 53.4 Å². The summed E-state index contributed by atoms with van der Waals surface area (Å²) in [5, 5.41) is 0. The van der Waals surface area contributed by atoms with E-state index in [0.29, 0.717) is 22.7 Å². The molecule has 1 amide bonds. The highest BCUT2D eigenvalue weighted by Crippen LogP contribution is 2.46. The molecule has 0 atom stereocenters. The van der Waals surface area contributed by atoms with Crippen LogP contribution in [0.2, 0.25) is 0 Å². The third-order valence-electron chi connectivity index (χ3n) is 4.92. The normalized spacial score (nSPS) is 25.6. The second-order valence-electron chi connectivity index (χ2n) is 6.91. The molecule has 0 radical (unpaired) electrons. The van der Waals surface area contributed by atoms with Crippen molar-refractivity contribution in [2.24, 2.45) is 16.7 Å². The average molecular weight is 223 g/mol. The molecule has 0 spiro atoms. The standard InChI is InChI=1S/C14H25NO/c1-13(2,3)14(4)7-9-15(10-8-14)12(16)11-5-6-11/h11H,5-10H2,1-4H3. The van der Waals surface area contributed by atoms with E-state index in [1.165, 1.54) is 0 Å². The molecule has 1 saturated heterocycles. The summed E-state index contributed by atoms with van der Waals surface area (Å²) in [5.74, 6) is 0.815. The fourth-order valence-electron chi connectivity index (χ4n) is 2.56. The summed E-state index contributed by atoms with van der Waals surface area (Å²) in [5.41, 5.74) is 0.745.